The summed E-state index contributed by atoms with van der Waals surface area (Å²) in [6, 6.07) is 13.9. The number of rotatable bonds is 3. The van der Waals surface area contributed by atoms with Gasteiger partial charge in [0.1, 0.15) is 0 Å². The Balaban J connectivity index is 1.69. The van der Waals surface area contributed by atoms with Crippen LogP contribution in [0.2, 0.25) is 0 Å². The van der Waals surface area contributed by atoms with Gasteiger partial charge in [0.15, 0.2) is 5.11 Å². The van der Waals surface area contributed by atoms with E-state index >= 15 is 0 Å². The Morgan fingerprint density at radius 2 is 1.88 bits per heavy atom. The molecule has 5 nitrogen and oxygen atoms in total. The molecule has 134 valence electrons. The number of carbonyl (C=O) groups is 1. The highest BCUT2D eigenvalue weighted by Crippen LogP contribution is 2.21. The van der Waals surface area contributed by atoms with Gasteiger partial charge in [-0.15, -0.1) is 0 Å². The molecule has 26 heavy (non-hydrogen) atoms. The van der Waals surface area contributed by atoms with Crippen LogP contribution in [-0.4, -0.2) is 15.6 Å². The molecule has 1 aromatic heterocycles. The number of amides is 1. The Morgan fingerprint density at radius 3 is 2.65 bits per heavy atom. The molecule has 0 saturated heterocycles. The molecule has 2 aromatic carbocycles. The van der Waals surface area contributed by atoms with Crippen molar-refractivity contribution in [1.82, 2.24) is 15.4 Å². The number of nitrogens with one attached hydrogen (secondary N) is 3. The zero-order chi connectivity index (χ0) is 18.7. The molecule has 6 heteroatoms. The van der Waals surface area contributed by atoms with Crippen LogP contribution in [0.4, 0.5) is 5.69 Å². The minimum Gasteiger partial charge on any atom is -0.350 e. The van der Waals surface area contributed by atoms with E-state index < -0.39 is 0 Å². The molecule has 3 rings (SSSR count). The number of hydrogen-bond acceptors (Lipinski definition) is 2. The van der Waals surface area contributed by atoms with Crippen molar-refractivity contribution in [3.63, 3.8) is 0 Å². The SMILES string of the molecule is CCc1cccc(C)c1NC(=S)NNC(=O)c1cn(C)c2ccccc12. The summed E-state index contributed by atoms with van der Waals surface area (Å²) in [4.78, 5) is 12.5. The normalized spacial score (nSPS) is 10.6. The average molecular weight is 366 g/mol. The van der Waals surface area contributed by atoms with E-state index in [1.807, 2.05) is 61.1 Å². The largest absolute Gasteiger partial charge is 0.350 e. The Hall–Kier alpha value is -2.86. The number of carbonyl (C=O) groups excluding carboxylic acids is 1. The van der Waals surface area contributed by atoms with Gasteiger partial charge in [-0.1, -0.05) is 43.3 Å². The standard InChI is InChI=1S/C20H22N4OS/c1-4-14-9-7-8-13(2)18(14)21-20(26)23-22-19(25)16-12-24(3)17-11-6-5-10-15(16)17/h5-12H,4H2,1-3H3,(H,22,25)(H2,21,23,26). The van der Waals surface area contributed by atoms with Crippen LogP contribution in [-0.2, 0) is 13.5 Å². The van der Waals surface area contributed by atoms with Gasteiger partial charge >= 0.3 is 0 Å². The van der Waals surface area contributed by atoms with Crippen molar-refractivity contribution in [2.75, 3.05) is 5.32 Å². The molecule has 0 aliphatic heterocycles. The zero-order valence-electron chi connectivity index (χ0n) is 15.1. The molecule has 0 radical (unpaired) electrons. The molecular formula is C20H22N4OS. The monoisotopic (exact) mass is 366 g/mol. The predicted molar refractivity (Wildman–Crippen MR) is 110 cm³/mol. The molecule has 3 N–H and O–H groups in total. The minimum absolute atomic E-state index is 0.230. The van der Waals surface area contributed by atoms with Crippen LogP contribution in [0.3, 0.4) is 0 Å². The summed E-state index contributed by atoms with van der Waals surface area (Å²) in [6.07, 6.45) is 2.71. The maximum atomic E-state index is 12.5. The third-order valence-electron chi connectivity index (χ3n) is 4.41. The summed E-state index contributed by atoms with van der Waals surface area (Å²) < 4.78 is 1.93. The Morgan fingerprint density at radius 1 is 1.12 bits per heavy atom. The summed E-state index contributed by atoms with van der Waals surface area (Å²) in [5, 5.41) is 4.43. The molecule has 3 aromatic rings. The molecule has 0 saturated carbocycles. The van der Waals surface area contributed by atoms with E-state index in [0.717, 1.165) is 28.6 Å². The van der Waals surface area contributed by atoms with Crippen molar-refractivity contribution in [2.24, 2.45) is 7.05 Å². The van der Waals surface area contributed by atoms with E-state index in [9.17, 15) is 4.79 Å². The van der Waals surface area contributed by atoms with Crippen LogP contribution in [0, 0.1) is 6.92 Å². The van der Waals surface area contributed by atoms with Gasteiger partial charge in [-0.25, -0.2) is 0 Å². The molecule has 1 heterocycles. The number of hydrazine groups is 1. The minimum atomic E-state index is -0.230. The number of anilines is 1. The fourth-order valence-electron chi connectivity index (χ4n) is 3.05. The second kappa shape index (κ2) is 7.58. The van der Waals surface area contributed by atoms with Crippen LogP contribution in [0.5, 0.6) is 0 Å². The second-order valence-electron chi connectivity index (χ2n) is 6.17. The van der Waals surface area contributed by atoms with Gasteiger partial charge in [0, 0.05) is 29.8 Å². The van der Waals surface area contributed by atoms with Crippen molar-refractivity contribution >= 4 is 39.8 Å². The molecular weight excluding hydrogens is 344 g/mol. The first-order valence-corrected chi connectivity index (χ1v) is 8.92. The first-order valence-electron chi connectivity index (χ1n) is 8.51. The zero-order valence-corrected chi connectivity index (χ0v) is 15.9. The number of aromatic nitrogens is 1. The summed E-state index contributed by atoms with van der Waals surface area (Å²) in [5.41, 5.74) is 10.3. The van der Waals surface area contributed by atoms with E-state index in [4.69, 9.17) is 12.2 Å². The number of nitrogens with zero attached hydrogens (tertiary/aromatic N) is 1. The van der Waals surface area contributed by atoms with Gasteiger partial charge in [0.2, 0.25) is 0 Å². The van der Waals surface area contributed by atoms with E-state index in [1.54, 1.807) is 0 Å². The third-order valence-corrected chi connectivity index (χ3v) is 4.61. The number of para-hydroxylation sites is 2. The van der Waals surface area contributed by atoms with E-state index in [1.165, 1.54) is 5.56 Å². The number of hydrogen-bond donors (Lipinski definition) is 3. The molecule has 0 aliphatic rings. The molecule has 0 spiro atoms. The van der Waals surface area contributed by atoms with Crippen molar-refractivity contribution in [2.45, 2.75) is 20.3 Å². The van der Waals surface area contributed by atoms with Crippen molar-refractivity contribution in [3.8, 4) is 0 Å². The summed E-state index contributed by atoms with van der Waals surface area (Å²) >= 11 is 5.33. The molecule has 1 amide bonds. The summed E-state index contributed by atoms with van der Waals surface area (Å²) in [7, 11) is 1.92. The van der Waals surface area contributed by atoms with Crippen LogP contribution >= 0.6 is 12.2 Å². The molecule has 0 aliphatic carbocycles. The van der Waals surface area contributed by atoms with Crippen LogP contribution in [0.15, 0.2) is 48.7 Å². The topological polar surface area (TPSA) is 58.1 Å². The lowest BCUT2D eigenvalue weighted by atomic mass is 10.1. The lowest BCUT2D eigenvalue weighted by Crippen LogP contribution is -2.43. The predicted octanol–water partition coefficient (Wildman–Crippen LogP) is 3.68. The number of benzene rings is 2. The number of thiocarbonyl (C=S) groups is 1. The van der Waals surface area contributed by atoms with Crippen LogP contribution < -0.4 is 16.2 Å². The van der Waals surface area contributed by atoms with Crippen LogP contribution in [0.25, 0.3) is 10.9 Å². The molecule has 0 unspecified atom stereocenters. The lowest BCUT2D eigenvalue weighted by Gasteiger charge is -2.16. The number of aryl methyl sites for hydroxylation is 3. The maximum Gasteiger partial charge on any atom is 0.271 e. The van der Waals surface area contributed by atoms with Gasteiger partial charge in [0.05, 0.1) is 5.56 Å². The fourth-order valence-corrected chi connectivity index (χ4v) is 3.20. The average Bonchev–Trinajstić information content (AvgIpc) is 2.98. The van der Waals surface area contributed by atoms with Crippen molar-refractivity contribution < 1.29 is 4.79 Å². The summed E-state index contributed by atoms with van der Waals surface area (Å²) in [6.45, 7) is 4.12. The Kier molecular flexibility index (Phi) is 5.23. The Bertz CT molecular complexity index is 977. The van der Waals surface area contributed by atoms with E-state index in [2.05, 4.69) is 29.2 Å². The summed E-state index contributed by atoms with van der Waals surface area (Å²) in [5.74, 6) is -0.230. The van der Waals surface area contributed by atoms with Gasteiger partial charge < -0.3 is 9.88 Å². The number of fused-ring (bicyclic) bond motifs is 1. The van der Waals surface area contributed by atoms with Gasteiger partial charge in [-0.3, -0.25) is 15.6 Å². The van der Waals surface area contributed by atoms with Crippen molar-refractivity contribution in [1.29, 1.82) is 0 Å². The first-order chi connectivity index (χ1) is 12.5. The van der Waals surface area contributed by atoms with Gasteiger partial charge in [-0.05, 0) is 42.8 Å². The first kappa shape index (κ1) is 17.9. The van der Waals surface area contributed by atoms with Gasteiger partial charge in [0.25, 0.3) is 5.91 Å². The molecule has 0 bridgehead atoms. The lowest BCUT2D eigenvalue weighted by molar-refractivity contribution is 0.0945. The second-order valence-corrected chi connectivity index (χ2v) is 6.57. The third kappa shape index (κ3) is 3.55. The van der Waals surface area contributed by atoms with E-state index in [0.29, 0.717) is 10.7 Å². The highest BCUT2D eigenvalue weighted by atomic mass is 32.1. The van der Waals surface area contributed by atoms with E-state index in [-0.39, 0.29) is 5.91 Å². The molecule has 0 atom stereocenters. The maximum absolute atomic E-state index is 12.5. The quantitative estimate of drug-likeness (QED) is 0.489. The van der Waals surface area contributed by atoms with Gasteiger partial charge in [-0.2, -0.15) is 0 Å². The van der Waals surface area contributed by atoms with Crippen molar-refractivity contribution in [3.05, 3.63) is 65.4 Å². The Labute approximate surface area is 158 Å². The molecule has 0 fully saturated rings. The highest BCUT2D eigenvalue weighted by molar-refractivity contribution is 7.80. The smallest absolute Gasteiger partial charge is 0.271 e. The fraction of sp³-hybridized carbons (Fsp3) is 0.200. The highest BCUT2D eigenvalue weighted by Gasteiger charge is 2.14. The van der Waals surface area contributed by atoms with Crippen LogP contribution in [0.1, 0.15) is 28.4 Å².